The molecule has 0 aliphatic carbocycles. The van der Waals surface area contributed by atoms with Gasteiger partial charge >= 0.3 is 0 Å². The number of anilines is 1. The van der Waals surface area contributed by atoms with Gasteiger partial charge in [0.1, 0.15) is 0 Å². The van der Waals surface area contributed by atoms with Crippen molar-refractivity contribution in [3.63, 3.8) is 0 Å². The molecule has 0 amide bonds. The number of hydrazine groups is 1. The average Bonchev–Trinajstić information content (AvgIpc) is 3.13. The first kappa shape index (κ1) is 15.8. The molecule has 0 spiro atoms. The van der Waals surface area contributed by atoms with Gasteiger partial charge in [-0.3, -0.25) is 5.01 Å². The van der Waals surface area contributed by atoms with Crippen molar-refractivity contribution in [2.75, 3.05) is 5.01 Å². The van der Waals surface area contributed by atoms with Crippen molar-refractivity contribution in [2.45, 2.75) is 13.0 Å². The summed E-state index contributed by atoms with van der Waals surface area (Å²) in [6, 6.07) is 25.1. The van der Waals surface area contributed by atoms with Crippen LogP contribution in [0.4, 0.5) is 5.69 Å². The summed E-state index contributed by atoms with van der Waals surface area (Å²) in [5.74, 6) is 0. The first-order valence-corrected chi connectivity index (χ1v) is 8.74. The molecule has 0 aromatic heterocycles. The molecule has 0 saturated carbocycles. The summed E-state index contributed by atoms with van der Waals surface area (Å²) in [5, 5.41) is 2.95. The lowest BCUT2D eigenvalue weighted by Crippen LogP contribution is -2.32. The summed E-state index contributed by atoms with van der Waals surface area (Å²) in [4.78, 5) is 0. The minimum atomic E-state index is 0.162. The van der Waals surface area contributed by atoms with E-state index in [2.05, 4.69) is 78.0 Å². The fraction of sp³-hybridized carbons (Fsp3) is 0.0909. The number of para-hydroxylation sites is 1. The molecule has 25 heavy (non-hydrogen) atoms. The highest BCUT2D eigenvalue weighted by atomic mass is 35.5. The molecule has 4 rings (SSSR count). The maximum atomic E-state index is 6.04. The van der Waals surface area contributed by atoms with E-state index in [4.69, 9.17) is 11.6 Å². The van der Waals surface area contributed by atoms with Crippen LogP contribution in [0, 0.1) is 6.92 Å². The highest BCUT2D eigenvalue weighted by Crippen LogP contribution is 2.35. The summed E-state index contributed by atoms with van der Waals surface area (Å²) in [7, 11) is 0. The van der Waals surface area contributed by atoms with Crippen molar-refractivity contribution in [1.82, 2.24) is 5.43 Å². The quantitative estimate of drug-likeness (QED) is 0.635. The number of hydrogen-bond acceptors (Lipinski definition) is 2. The topological polar surface area (TPSA) is 15.3 Å². The van der Waals surface area contributed by atoms with Gasteiger partial charge in [-0.2, -0.15) is 0 Å². The molecule has 3 heteroatoms. The second-order valence-corrected chi connectivity index (χ2v) is 6.60. The van der Waals surface area contributed by atoms with E-state index in [-0.39, 0.29) is 6.04 Å². The fourth-order valence-electron chi connectivity index (χ4n) is 3.36. The molecular weight excluding hydrogens is 328 g/mol. The lowest BCUT2D eigenvalue weighted by molar-refractivity contribution is 0.715. The maximum absolute atomic E-state index is 6.04. The molecule has 3 aromatic carbocycles. The Hall–Kier alpha value is -2.71. The first-order chi connectivity index (χ1) is 12.2. The van der Waals surface area contributed by atoms with Crippen molar-refractivity contribution in [3.05, 3.63) is 101 Å². The Balaban J connectivity index is 1.74. The largest absolute Gasteiger partial charge is 0.305 e. The van der Waals surface area contributed by atoms with E-state index in [9.17, 15) is 0 Å². The van der Waals surface area contributed by atoms with Gasteiger partial charge in [0.15, 0.2) is 0 Å². The monoisotopic (exact) mass is 346 g/mol. The van der Waals surface area contributed by atoms with Gasteiger partial charge in [-0.05, 0) is 59.5 Å². The van der Waals surface area contributed by atoms with Crippen LogP contribution < -0.4 is 10.4 Å². The normalized spacial score (nSPS) is 16.1. The fourth-order valence-corrected chi connectivity index (χ4v) is 3.49. The lowest BCUT2D eigenvalue weighted by Gasteiger charge is -2.28. The van der Waals surface area contributed by atoms with Crippen LogP contribution in [0.15, 0.2) is 85.1 Å². The molecule has 0 fully saturated rings. The molecule has 2 nitrogen and oxygen atoms in total. The lowest BCUT2D eigenvalue weighted by atomic mass is 9.92. The Bertz CT molecular complexity index is 901. The zero-order valence-corrected chi connectivity index (χ0v) is 14.7. The summed E-state index contributed by atoms with van der Waals surface area (Å²) < 4.78 is 0. The molecule has 1 heterocycles. The minimum Gasteiger partial charge on any atom is -0.305 e. The Morgan fingerprint density at radius 2 is 1.64 bits per heavy atom. The molecular formula is C22H19ClN2. The van der Waals surface area contributed by atoms with E-state index in [1.54, 1.807) is 0 Å². The standard InChI is InChI=1S/C22H19ClN2/c1-16-20(17-10-12-18(23)13-11-17)8-5-9-21(16)22-14-15-24-25(22)19-6-3-2-4-7-19/h2-15,22,24H,1H3. The molecule has 1 aliphatic rings. The average molecular weight is 347 g/mol. The number of benzene rings is 3. The Kier molecular flexibility index (Phi) is 4.21. The molecule has 1 N–H and O–H groups in total. The number of hydrogen-bond donors (Lipinski definition) is 1. The van der Waals surface area contributed by atoms with Crippen LogP contribution in [0.3, 0.4) is 0 Å². The molecule has 1 aliphatic heterocycles. The van der Waals surface area contributed by atoms with Gasteiger partial charge in [0, 0.05) is 11.2 Å². The number of halogens is 1. The van der Waals surface area contributed by atoms with Crippen LogP contribution in [-0.4, -0.2) is 0 Å². The molecule has 124 valence electrons. The summed E-state index contributed by atoms with van der Waals surface area (Å²) in [6.07, 6.45) is 4.20. The predicted octanol–water partition coefficient (Wildman–Crippen LogP) is 5.90. The van der Waals surface area contributed by atoms with E-state index >= 15 is 0 Å². The Morgan fingerprint density at radius 3 is 2.40 bits per heavy atom. The van der Waals surface area contributed by atoms with Crippen molar-refractivity contribution >= 4 is 17.3 Å². The van der Waals surface area contributed by atoms with Gasteiger partial charge in [0.05, 0.1) is 11.7 Å². The van der Waals surface area contributed by atoms with Crippen molar-refractivity contribution < 1.29 is 0 Å². The van der Waals surface area contributed by atoms with Gasteiger partial charge in [-0.15, -0.1) is 0 Å². The minimum absolute atomic E-state index is 0.162. The van der Waals surface area contributed by atoms with E-state index in [0.717, 1.165) is 10.7 Å². The number of rotatable bonds is 3. The Labute approximate surface area is 153 Å². The van der Waals surface area contributed by atoms with E-state index in [1.807, 2.05) is 24.4 Å². The number of nitrogens with zero attached hydrogens (tertiary/aromatic N) is 1. The van der Waals surface area contributed by atoms with Crippen molar-refractivity contribution in [3.8, 4) is 11.1 Å². The predicted molar refractivity (Wildman–Crippen MR) is 106 cm³/mol. The molecule has 1 atom stereocenters. The van der Waals surface area contributed by atoms with Crippen LogP contribution in [-0.2, 0) is 0 Å². The third-order valence-electron chi connectivity index (χ3n) is 4.65. The van der Waals surface area contributed by atoms with Gasteiger partial charge in [-0.25, -0.2) is 0 Å². The summed E-state index contributed by atoms with van der Waals surface area (Å²) in [5.41, 5.74) is 9.49. The molecule has 3 aromatic rings. The Morgan fingerprint density at radius 1 is 0.880 bits per heavy atom. The van der Waals surface area contributed by atoms with Crippen molar-refractivity contribution in [2.24, 2.45) is 0 Å². The van der Waals surface area contributed by atoms with Gasteiger partial charge < -0.3 is 5.43 Å². The summed E-state index contributed by atoms with van der Waals surface area (Å²) >= 11 is 6.04. The third kappa shape index (κ3) is 3.01. The molecule has 0 bridgehead atoms. The van der Waals surface area contributed by atoms with Gasteiger partial charge in [-0.1, -0.05) is 60.1 Å². The smallest absolute Gasteiger partial charge is 0.0954 e. The highest BCUT2D eigenvalue weighted by molar-refractivity contribution is 6.30. The van der Waals surface area contributed by atoms with Gasteiger partial charge in [0.25, 0.3) is 0 Å². The maximum Gasteiger partial charge on any atom is 0.0954 e. The van der Waals surface area contributed by atoms with Crippen LogP contribution in [0.5, 0.6) is 0 Å². The molecule has 0 saturated heterocycles. The van der Waals surface area contributed by atoms with Crippen LogP contribution in [0.1, 0.15) is 17.2 Å². The highest BCUT2D eigenvalue weighted by Gasteiger charge is 2.24. The number of nitrogens with one attached hydrogen (secondary N) is 1. The third-order valence-corrected chi connectivity index (χ3v) is 4.91. The SMILES string of the molecule is Cc1c(-c2ccc(Cl)cc2)cccc1C1C=CNN1c1ccccc1. The van der Waals surface area contributed by atoms with E-state index < -0.39 is 0 Å². The van der Waals surface area contributed by atoms with Crippen LogP contribution >= 0.6 is 11.6 Å². The second-order valence-electron chi connectivity index (χ2n) is 6.17. The van der Waals surface area contributed by atoms with Crippen molar-refractivity contribution in [1.29, 1.82) is 0 Å². The van der Waals surface area contributed by atoms with Crippen LogP contribution in [0.2, 0.25) is 5.02 Å². The zero-order valence-electron chi connectivity index (χ0n) is 14.0. The van der Waals surface area contributed by atoms with E-state index in [1.165, 1.54) is 22.3 Å². The van der Waals surface area contributed by atoms with Gasteiger partial charge in [0.2, 0.25) is 0 Å². The second kappa shape index (κ2) is 6.66. The summed E-state index contributed by atoms with van der Waals surface area (Å²) in [6.45, 7) is 2.19. The molecule has 1 unspecified atom stereocenters. The zero-order chi connectivity index (χ0) is 17.2. The van der Waals surface area contributed by atoms with Crippen LogP contribution in [0.25, 0.3) is 11.1 Å². The van der Waals surface area contributed by atoms with E-state index in [0.29, 0.717) is 0 Å². The molecule has 0 radical (unpaired) electrons. The first-order valence-electron chi connectivity index (χ1n) is 8.36.